The summed E-state index contributed by atoms with van der Waals surface area (Å²) < 4.78 is 0.841. The van der Waals surface area contributed by atoms with Crippen LogP contribution in [0.3, 0.4) is 0 Å². The SMILES string of the molecule is CC(C)(C)NC(=O)Nc1cc(Br)ccc1C(N)=S. The molecule has 0 aliphatic rings. The van der Waals surface area contributed by atoms with Gasteiger partial charge in [-0.15, -0.1) is 0 Å². The average Bonchev–Trinajstić information content (AvgIpc) is 2.13. The lowest BCUT2D eigenvalue weighted by Gasteiger charge is -2.21. The molecule has 0 aromatic heterocycles. The first-order chi connectivity index (χ1) is 8.19. The molecule has 18 heavy (non-hydrogen) atoms. The molecule has 4 N–H and O–H groups in total. The Morgan fingerprint density at radius 3 is 2.50 bits per heavy atom. The zero-order valence-corrected chi connectivity index (χ0v) is 12.9. The number of amides is 2. The molecule has 0 saturated heterocycles. The van der Waals surface area contributed by atoms with Gasteiger partial charge in [0.05, 0.1) is 5.69 Å². The van der Waals surface area contributed by atoms with Crippen molar-refractivity contribution in [2.45, 2.75) is 26.3 Å². The molecule has 0 fully saturated rings. The first-order valence-corrected chi connectivity index (χ1v) is 6.58. The summed E-state index contributed by atoms with van der Waals surface area (Å²) in [7, 11) is 0. The van der Waals surface area contributed by atoms with Crippen LogP contribution in [0.2, 0.25) is 0 Å². The van der Waals surface area contributed by atoms with E-state index in [9.17, 15) is 4.79 Å². The highest BCUT2D eigenvalue weighted by Crippen LogP contribution is 2.21. The summed E-state index contributed by atoms with van der Waals surface area (Å²) in [6, 6.07) is 5.05. The van der Waals surface area contributed by atoms with E-state index in [0.29, 0.717) is 11.3 Å². The molecule has 0 saturated carbocycles. The van der Waals surface area contributed by atoms with Crippen molar-refractivity contribution >= 4 is 44.9 Å². The minimum Gasteiger partial charge on any atom is -0.389 e. The number of thiocarbonyl (C=S) groups is 1. The number of halogens is 1. The van der Waals surface area contributed by atoms with Gasteiger partial charge in [-0.3, -0.25) is 0 Å². The van der Waals surface area contributed by atoms with Crippen LogP contribution in [0.25, 0.3) is 0 Å². The lowest BCUT2D eigenvalue weighted by Crippen LogP contribution is -2.43. The molecule has 1 aromatic rings. The first-order valence-electron chi connectivity index (χ1n) is 5.37. The van der Waals surface area contributed by atoms with Crippen molar-refractivity contribution in [1.29, 1.82) is 0 Å². The molecule has 1 aromatic carbocycles. The van der Waals surface area contributed by atoms with E-state index >= 15 is 0 Å². The van der Waals surface area contributed by atoms with E-state index in [4.69, 9.17) is 18.0 Å². The van der Waals surface area contributed by atoms with Gasteiger partial charge >= 0.3 is 6.03 Å². The number of nitrogens with one attached hydrogen (secondary N) is 2. The largest absolute Gasteiger partial charge is 0.389 e. The summed E-state index contributed by atoms with van der Waals surface area (Å²) in [6.45, 7) is 5.71. The Labute approximate surface area is 120 Å². The third-order valence-electron chi connectivity index (χ3n) is 1.98. The van der Waals surface area contributed by atoms with Crippen molar-refractivity contribution in [1.82, 2.24) is 5.32 Å². The molecular formula is C12H16BrN3OS. The van der Waals surface area contributed by atoms with Gasteiger partial charge in [-0.1, -0.05) is 28.1 Å². The molecule has 2 amide bonds. The molecule has 0 bridgehead atoms. The van der Waals surface area contributed by atoms with Crippen molar-refractivity contribution < 1.29 is 4.79 Å². The monoisotopic (exact) mass is 329 g/mol. The number of anilines is 1. The van der Waals surface area contributed by atoms with Crippen LogP contribution in [0, 0.1) is 0 Å². The number of hydrogen-bond acceptors (Lipinski definition) is 2. The highest BCUT2D eigenvalue weighted by molar-refractivity contribution is 9.10. The van der Waals surface area contributed by atoms with Crippen LogP contribution in [-0.4, -0.2) is 16.6 Å². The Kier molecular flexibility index (Phi) is 4.70. The summed E-state index contributed by atoms with van der Waals surface area (Å²) in [5, 5.41) is 5.55. The molecule has 0 heterocycles. The molecule has 6 heteroatoms. The van der Waals surface area contributed by atoms with E-state index in [2.05, 4.69) is 26.6 Å². The minimum absolute atomic E-state index is 0.244. The second-order valence-corrected chi connectivity index (χ2v) is 6.24. The molecule has 0 spiro atoms. The topological polar surface area (TPSA) is 67.2 Å². The van der Waals surface area contributed by atoms with Crippen LogP contribution < -0.4 is 16.4 Å². The van der Waals surface area contributed by atoms with Crippen LogP contribution >= 0.6 is 28.1 Å². The van der Waals surface area contributed by atoms with Crippen LogP contribution in [0.15, 0.2) is 22.7 Å². The fourth-order valence-electron chi connectivity index (χ4n) is 1.33. The van der Waals surface area contributed by atoms with Crippen molar-refractivity contribution in [2.24, 2.45) is 5.73 Å². The van der Waals surface area contributed by atoms with E-state index in [1.807, 2.05) is 26.8 Å². The fourth-order valence-corrected chi connectivity index (χ4v) is 1.87. The molecule has 0 unspecified atom stereocenters. The average molecular weight is 330 g/mol. The second kappa shape index (κ2) is 5.67. The smallest absolute Gasteiger partial charge is 0.319 e. The van der Waals surface area contributed by atoms with Crippen molar-refractivity contribution in [3.05, 3.63) is 28.2 Å². The van der Waals surface area contributed by atoms with Crippen molar-refractivity contribution in [2.75, 3.05) is 5.32 Å². The third-order valence-corrected chi connectivity index (χ3v) is 2.70. The summed E-state index contributed by atoms with van der Waals surface area (Å²) in [6.07, 6.45) is 0. The fraction of sp³-hybridized carbons (Fsp3) is 0.333. The molecular weight excluding hydrogens is 314 g/mol. The van der Waals surface area contributed by atoms with Crippen LogP contribution in [0.1, 0.15) is 26.3 Å². The van der Waals surface area contributed by atoms with Gasteiger partial charge in [-0.2, -0.15) is 0 Å². The molecule has 4 nitrogen and oxygen atoms in total. The Hall–Kier alpha value is -1.14. The van der Waals surface area contributed by atoms with Crippen LogP contribution in [-0.2, 0) is 0 Å². The first kappa shape index (κ1) is 14.9. The normalized spacial score (nSPS) is 10.9. The van der Waals surface area contributed by atoms with Gasteiger partial charge in [0, 0.05) is 15.6 Å². The number of carbonyl (C=O) groups is 1. The summed E-state index contributed by atoms with van der Waals surface area (Å²) in [4.78, 5) is 12.0. The molecule has 0 atom stereocenters. The van der Waals surface area contributed by atoms with Crippen molar-refractivity contribution in [3.63, 3.8) is 0 Å². The quantitative estimate of drug-likeness (QED) is 0.730. The number of benzene rings is 1. The number of carbonyl (C=O) groups excluding carboxylic acids is 1. The summed E-state index contributed by atoms with van der Waals surface area (Å²) >= 11 is 8.29. The zero-order chi connectivity index (χ0) is 13.9. The van der Waals surface area contributed by atoms with Gasteiger partial charge in [0.1, 0.15) is 4.99 Å². The maximum atomic E-state index is 11.8. The second-order valence-electron chi connectivity index (χ2n) is 4.88. The predicted octanol–water partition coefficient (Wildman–Crippen LogP) is 3.00. The predicted molar refractivity (Wildman–Crippen MR) is 81.9 cm³/mol. The number of nitrogens with two attached hydrogens (primary N) is 1. The number of urea groups is 1. The standard InChI is InChI=1S/C12H16BrN3OS/c1-12(2,3)16-11(17)15-9-6-7(13)4-5-8(9)10(14)18/h4-6H,1-3H3,(H2,14,18)(H2,15,16,17). The lowest BCUT2D eigenvalue weighted by molar-refractivity contribution is 0.244. The van der Waals surface area contributed by atoms with Gasteiger partial charge < -0.3 is 16.4 Å². The van der Waals surface area contributed by atoms with Gasteiger partial charge in [-0.05, 0) is 39.0 Å². The Balaban J connectivity index is 2.93. The zero-order valence-electron chi connectivity index (χ0n) is 10.5. The molecule has 1 rings (SSSR count). The lowest BCUT2D eigenvalue weighted by atomic mass is 10.1. The highest BCUT2D eigenvalue weighted by Gasteiger charge is 2.15. The molecule has 0 aliphatic carbocycles. The van der Waals surface area contributed by atoms with Gasteiger partial charge in [0.15, 0.2) is 0 Å². The minimum atomic E-state index is -0.306. The number of hydrogen-bond donors (Lipinski definition) is 3. The van der Waals surface area contributed by atoms with E-state index in [0.717, 1.165) is 4.47 Å². The number of rotatable bonds is 2. The van der Waals surface area contributed by atoms with E-state index in [-0.39, 0.29) is 16.6 Å². The Bertz CT molecular complexity index is 483. The van der Waals surface area contributed by atoms with Gasteiger partial charge in [0.2, 0.25) is 0 Å². The van der Waals surface area contributed by atoms with Gasteiger partial charge in [-0.25, -0.2) is 4.79 Å². The Morgan fingerprint density at radius 2 is 2.00 bits per heavy atom. The Morgan fingerprint density at radius 1 is 1.39 bits per heavy atom. The van der Waals surface area contributed by atoms with Gasteiger partial charge in [0.25, 0.3) is 0 Å². The van der Waals surface area contributed by atoms with E-state index < -0.39 is 0 Å². The van der Waals surface area contributed by atoms with Crippen molar-refractivity contribution in [3.8, 4) is 0 Å². The maximum Gasteiger partial charge on any atom is 0.319 e. The summed E-state index contributed by atoms with van der Waals surface area (Å²) in [5.41, 5.74) is 6.52. The van der Waals surface area contributed by atoms with E-state index in [1.165, 1.54) is 0 Å². The third kappa shape index (κ3) is 4.62. The summed E-state index contributed by atoms with van der Waals surface area (Å²) in [5.74, 6) is 0. The van der Waals surface area contributed by atoms with Crippen LogP contribution in [0.4, 0.5) is 10.5 Å². The maximum absolute atomic E-state index is 11.8. The van der Waals surface area contributed by atoms with Crippen LogP contribution in [0.5, 0.6) is 0 Å². The molecule has 0 aliphatic heterocycles. The molecule has 0 radical (unpaired) electrons. The highest BCUT2D eigenvalue weighted by atomic mass is 79.9. The van der Waals surface area contributed by atoms with E-state index in [1.54, 1.807) is 12.1 Å². The molecule has 98 valence electrons.